The molecule has 1 N–H and O–H groups in total. The molecule has 2 aliphatic rings. The maximum Gasteiger partial charge on any atom is 0.300 e. The van der Waals surface area contributed by atoms with Gasteiger partial charge < -0.3 is 19.3 Å². The Balaban J connectivity index is 1.72. The SMILES string of the molecule is COc1cccc(C2/C(=C(/O)c3ccc4c(c3)OCCO4)C(=O)C(=O)N2c2cc(C)cc(C)c2)c1. The van der Waals surface area contributed by atoms with Crippen LogP contribution < -0.4 is 19.1 Å². The van der Waals surface area contributed by atoms with Crippen molar-refractivity contribution in [1.82, 2.24) is 0 Å². The van der Waals surface area contributed by atoms with E-state index in [-0.39, 0.29) is 11.3 Å². The van der Waals surface area contributed by atoms with Crippen LogP contribution in [0.15, 0.2) is 66.2 Å². The first kappa shape index (κ1) is 22.5. The molecule has 0 spiro atoms. The topological polar surface area (TPSA) is 85.3 Å². The molecule has 0 saturated carbocycles. The Bertz CT molecular complexity index is 1360. The van der Waals surface area contributed by atoms with Crippen LogP contribution in [0.1, 0.15) is 28.3 Å². The molecule has 0 aromatic heterocycles. The molecule has 3 aromatic carbocycles. The van der Waals surface area contributed by atoms with Gasteiger partial charge in [0, 0.05) is 11.3 Å². The first-order chi connectivity index (χ1) is 16.9. The van der Waals surface area contributed by atoms with Crippen molar-refractivity contribution in [2.45, 2.75) is 19.9 Å². The van der Waals surface area contributed by atoms with Crippen LogP contribution in [0.2, 0.25) is 0 Å². The summed E-state index contributed by atoms with van der Waals surface area (Å²) in [6, 6.07) is 17.0. The zero-order valence-electron chi connectivity index (χ0n) is 19.7. The molecular formula is C28H25NO6. The molecule has 0 aliphatic carbocycles. The van der Waals surface area contributed by atoms with E-state index in [1.165, 1.54) is 4.90 Å². The largest absolute Gasteiger partial charge is 0.507 e. The van der Waals surface area contributed by atoms with Crippen molar-refractivity contribution in [3.05, 3.63) is 88.5 Å². The Morgan fingerprint density at radius 3 is 2.37 bits per heavy atom. The van der Waals surface area contributed by atoms with Crippen LogP contribution in [-0.2, 0) is 9.59 Å². The number of anilines is 1. The van der Waals surface area contributed by atoms with Gasteiger partial charge in [0.15, 0.2) is 11.5 Å². The number of hydrogen-bond acceptors (Lipinski definition) is 6. The van der Waals surface area contributed by atoms with E-state index >= 15 is 0 Å². The highest BCUT2D eigenvalue weighted by atomic mass is 16.6. The molecule has 0 bridgehead atoms. The Labute approximate surface area is 203 Å². The van der Waals surface area contributed by atoms with Crippen LogP contribution in [0, 0.1) is 13.8 Å². The van der Waals surface area contributed by atoms with Gasteiger partial charge in [-0.15, -0.1) is 0 Å². The highest BCUT2D eigenvalue weighted by molar-refractivity contribution is 6.51. The second kappa shape index (κ2) is 8.83. The molecule has 1 amide bonds. The van der Waals surface area contributed by atoms with Crippen molar-refractivity contribution < 1.29 is 28.9 Å². The number of aryl methyl sites for hydroxylation is 2. The van der Waals surface area contributed by atoms with Crippen molar-refractivity contribution >= 4 is 23.1 Å². The van der Waals surface area contributed by atoms with Crippen molar-refractivity contribution in [3.8, 4) is 17.2 Å². The van der Waals surface area contributed by atoms with Crippen LogP contribution in [0.4, 0.5) is 5.69 Å². The first-order valence-electron chi connectivity index (χ1n) is 11.3. The molecule has 35 heavy (non-hydrogen) atoms. The van der Waals surface area contributed by atoms with Crippen molar-refractivity contribution in [2.75, 3.05) is 25.2 Å². The standard InChI is InChI=1S/C28H25NO6/c1-16-11-17(2)13-20(12-16)29-25(18-5-4-6-21(14-18)33-3)24(27(31)28(29)32)26(30)19-7-8-22-23(15-19)35-10-9-34-22/h4-8,11-15,25,30H,9-10H2,1-3H3/b26-24-. The number of ether oxygens (including phenoxy) is 3. The number of carbonyl (C=O) groups excluding carboxylic acids is 2. The van der Waals surface area contributed by atoms with E-state index in [1.807, 2.05) is 38.1 Å². The van der Waals surface area contributed by atoms with Gasteiger partial charge in [-0.05, 0) is 73.0 Å². The number of methoxy groups -OCH3 is 1. The summed E-state index contributed by atoms with van der Waals surface area (Å²) in [6.07, 6.45) is 0. The summed E-state index contributed by atoms with van der Waals surface area (Å²) in [6.45, 7) is 4.69. The summed E-state index contributed by atoms with van der Waals surface area (Å²) in [5.74, 6) is -0.131. The fourth-order valence-corrected chi connectivity index (χ4v) is 4.66. The van der Waals surface area contributed by atoms with E-state index in [4.69, 9.17) is 14.2 Å². The Hall–Kier alpha value is -4.26. The maximum atomic E-state index is 13.4. The number of Topliss-reactive ketones (excluding diaryl/α,β-unsaturated/α-hetero) is 1. The van der Waals surface area contributed by atoms with E-state index in [1.54, 1.807) is 43.5 Å². The molecule has 5 rings (SSSR count). The van der Waals surface area contributed by atoms with Crippen LogP contribution in [0.3, 0.4) is 0 Å². The first-order valence-corrected chi connectivity index (χ1v) is 11.3. The van der Waals surface area contributed by atoms with Crippen LogP contribution in [0.25, 0.3) is 5.76 Å². The van der Waals surface area contributed by atoms with E-state index in [0.29, 0.717) is 47.3 Å². The third-order valence-electron chi connectivity index (χ3n) is 6.15. The molecule has 1 atom stereocenters. The van der Waals surface area contributed by atoms with Gasteiger partial charge in [0.25, 0.3) is 11.7 Å². The van der Waals surface area contributed by atoms with Crippen LogP contribution in [-0.4, -0.2) is 37.1 Å². The molecule has 0 radical (unpaired) electrons. The Morgan fingerprint density at radius 1 is 0.943 bits per heavy atom. The highest BCUT2D eigenvalue weighted by Gasteiger charge is 2.47. The lowest BCUT2D eigenvalue weighted by Gasteiger charge is -2.26. The monoisotopic (exact) mass is 471 g/mol. The normalized spacial score (nSPS) is 18.6. The van der Waals surface area contributed by atoms with Crippen LogP contribution in [0.5, 0.6) is 17.2 Å². The third kappa shape index (κ3) is 3.99. The van der Waals surface area contributed by atoms with E-state index in [2.05, 4.69) is 0 Å². The second-order valence-corrected chi connectivity index (χ2v) is 8.65. The third-order valence-corrected chi connectivity index (χ3v) is 6.15. The fourth-order valence-electron chi connectivity index (χ4n) is 4.66. The maximum absolute atomic E-state index is 13.4. The fraction of sp³-hybridized carbons (Fsp3) is 0.214. The predicted octanol–water partition coefficient (Wildman–Crippen LogP) is 4.71. The summed E-state index contributed by atoms with van der Waals surface area (Å²) in [5.41, 5.74) is 3.50. The van der Waals surface area contributed by atoms with Gasteiger partial charge in [-0.25, -0.2) is 0 Å². The summed E-state index contributed by atoms with van der Waals surface area (Å²) in [4.78, 5) is 28.3. The lowest BCUT2D eigenvalue weighted by atomic mass is 9.94. The number of fused-ring (bicyclic) bond motifs is 1. The van der Waals surface area contributed by atoms with Gasteiger partial charge >= 0.3 is 0 Å². The van der Waals surface area contributed by atoms with Crippen molar-refractivity contribution in [2.24, 2.45) is 0 Å². The van der Waals surface area contributed by atoms with Gasteiger partial charge in [-0.1, -0.05) is 18.2 Å². The van der Waals surface area contributed by atoms with Crippen LogP contribution >= 0.6 is 0 Å². The zero-order valence-corrected chi connectivity index (χ0v) is 19.7. The van der Waals surface area contributed by atoms with Gasteiger partial charge in [-0.3, -0.25) is 14.5 Å². The van der Waals surface area contributed by atoms with Gasteiger partial charge in [0.1, 0.15) is 24.7 Å². The number of nitrogens with zero attached hydrogens (tertiary/aromatic N) is 1. The molecule has 2 heterocycles. The molecule has 7 nitrogen and oxygen atoms in total. The van der Waals surface area contributed by atoms with E-state index < -0.39 is 17.7 Å². The summed E-state index contributed by atoms with van der Waals surface area (Å²) >= 11 is 0. The average Bonchev–Trinajstić information content (AvgIpc) is 3.13. The molecular weight excluding hydrogens is 446 g/mol. The minimum atomic E-state index is -0.848. The van der Waals surface area contributed by atoms with Gasteiger partial charge in [0.2, 0.25) is 0 Å². The minimum absolute atomic E-state index is 0.000843. The summed E-state index contributed by atoms with van der Waals surface area (Å²) in [7, 11) is 1.55. The summed E-state index contributed by atoms with van der Waals surface area (Å²) < 4.78 is 16.6. The van der Waals surface area contributed by atoms with Crippen molar-refractivity contribution in [1.29, 1.82) is 0 Å². The van der Waals surface area contributed by atoms with Gasteiger partial charge in [-0.2, -0.15) is 0 Å². The lowest BCUT2D eigenvalue weighted by molar-refractivity contribution is -0.132. The number of aliphatic hydroxyl groups is 1. The molecule has 2 aliphatic heterocycles. The second-order valence-electron chi connectivity index (χ2n) is 8.65. The molecule has 7 heteroatoms. The number of hydrogen-bond donors (Lipinski definition) is 1. The van der Waals surface area contributed by atoms with E-state index in [0.717, 1.165) is 11.1 Å². The number of ketones is 1. The minimum Gasteiger partial charge on any atom is -0.507 e. The average molecular weight is 472 g/mol. The smallest absolute Gasteiger partial charge is 0.300 e. The molecule has 3 aromatic rings. The number of benzene rings is 3. The van der Waals surface area contributed by atoms with Crippen molar-refractivity contribution in [3.63, 3.8) is 0 Å². The predicted molar refractivity (Wildman–Crippen MR) is 131 cm³/mol. The van der Waals surface area contributed by atoms with E-state index in [9.17, 15) is 14.7 Å². The Kier molecular flexibility index (Phi) is 5.68. The molecule has 178 valence electrons. The van der Waals surface area contributed by atoms with Gasteiger partial charge in [0.05, 0.1) is 18.7 Å². The molecule has 1 saturated heterocycles. The molecule has 1 fully saturated rings. The summed E-state index contributed by atoms with van der Waals surface area (Å²) in [5, 5.41) is 11.4. The zero-order chi connectivity index (χ0) is 24.7. The number of carbonyl (C=O) groups is 2. The number of amides is 1. The highest BCUT2D eigenvalue weighted by Crippen LogP contribution is 2.44. The quantitative estimate of drug-likeness (QED) is 0.337. The number of rotatable bonds is 4. The number of aliphatic hydroxyl groups excluding tert-OH is 1. The Morgan fingerprint density at radius 2 is 1.66 bits per heavy atom. The molecule has 1 unspecified atom stereocenters. The lowest BCUT2D eigenvalue weighted by Crippen LogP contribution is -2.29.